The van der Waals surface area contributed by atoms with Crippen LogP contribution in [0.5, 0.6) is 0 Å². The molecule has 2 heterocycles. The lowest BCUT2D eigenvalue weighted by molar-refractivity contribution is -0.136. The summed E-state index contributed by atoms with van der Waals surface area (Å²) in [6, 6.07) is 2.10. The predicted molar refractivity (Wildman–Crippen MR) is 106 cm³/mol. The highest BCUT2D eigenvalue weighted by molar-refractivity contribution is 7.89. The Morgan fingerprint density at radius 3 is 2.50 bits per heavy atom. The second-order valence-electron chi connectivity index (χ2n) is 7.83. The Morgan fingerprint density at radius 1 is 1.36 bits per heavy atom. The zero-order valence-corrected chi connectivity index (χ0v) is 18.1. The van der Waals surface area contributed by atoms with Crippen molar-refractivity contribution in [1.29, 1.82) is 5.26 Å². The van der Waals surface area contributed by atoms with Crippen molar-refractivity contribution in [2.45, 2.75) is 51.5 Å². The van der Waals surface area contributed by atoms with E-state index in [0.717, 1.165) is 6.42 Å². The third kappa shape index (κ3) is 5.32. The van der Waals surface area contributed by atoms with Crippen molar-refractivity contribution >= 4 is 15.9 Å². The van der Waals surface area contributed by atoms with E-state index in [1.165, 1.54) is 10.5 Å². The predicted octanol–water partition coefficient (Wildman–Crippen LogP) is 1.92. The first-order chi connectivity index (χ1) is 13.2. The number of amides is 1. The van der Waals surface area contributed by atoms with Crippen molar-refractivity contribution in [1.82, 2.24) is 18.8 Å². The summed E-state index contributed by atoms with van der Waals surface area (Å²) in [5.41, 5.74) is 0. The van der Waals surface area contributed by atoms with Crippen LogP contribution in [-0.4, -0.2) is 59.3 Å². The minimum absolute atomic E-state index is 0.0432. The summed E-state index contributed by atoms with van der Waals surface area (Å²) in [5.74, 6) is 0.970. The van der Waals surface area contributed by atoms with Crippen LogP contribution in [0.25, 0.3) is 0 Å². The Balaban J connectivity index is 2.00. The van der Waals surface area contributed by atoms with E-state index in [-0.39, 0.29) is 16.9 Å². The topological polar surface area (TPSA) is 99.3 Å². The lowest BCUT2D eigenvalue weighted by Crippen LogP contribution is -2.45. The lowest BCUT2D eigenvalue weighted by atomic mass is 9.96. The molecule has 1 aliphatic rings. The molecule has 1 amide bonds. The molecule has 156 valence electrons. The monoisotopic (exact) mass is 409 g/mol. The maximum absolute atomic E-state index is 12.9. The highest BCUT2D eigenvalue weighted by Gasteiger charge is 2.34. The third-order valence-electron chi connectivity index (χ3n) is 5.28. The van der Waals surface area contributed by atoms with Crippen molar-refractivity contribution in [2.24, 2.45) is 18.9 Å². The molecule has 0 radical (unpaired) electrons. The van der Waals surface area contributed by atoms with Crippen molar-refractivity contribution < 1.29 is 13.2 Å². The van der Waals surface area contributed by atoms with E-state index in [2.05, 4.69) is 24.9 Å². The molecule has 28 heavy (non-hydrogen) atoms. The Hall–Kier alpha value is -1.92. The van der Waals surface area contributed by atoms with E-state index in [1.54, 1.807) is 23.4 Å². The number of rotatable bonds is 8. The Labute approximate surface area is 168 Å². The van der Waals surface area contributed by atoms with Crippen LogP contribution < -0.4 is 0 Å². The van der Waals surface area contributed by atoms with Gasteiger partial charge in [0.25, 0.3) is 10.0 Å². The maximum atomic E-state index is 12.9. The summed E-state index contributed by atoms with van der Waals surface area (Å²) in [6.45, 7) is 7.68. The molecule has 1 saturated heterocycles. The Bertz CT molecular complexity index is 798. The number of sulfonamides is 1. The summed E-state index contributed by atoms with van der Waals surface area (Å²) in [5, 5.41) is 8.93. The molecule has 8 nitrogen and oxygen atoms in total. The van der Waals surface area contributed by atoms with Crippen LogP contribution in [0, 0.1) is 30.1 Å². The molecular weight excluding hydrogens is 378 g/mol. The van der Waals surface area contributed by atoms with Gasteiger partial charge in [-0.2, -0.15) is 9.57 Å². The molecule has 0 atom stereocenters. The van der Waals surface area contributed by atoms with Gasteiger partial charge < -0.3 is 9.47 Å². The van der Waals surface area contributed by atoms with E-state index >= 15 is 0 Å². The molecule has 1 fully saturated rings. The molecule has 0 bridgehead atoms. The molecule has 1 aromatic heterocycles. The SMILES string of the molecule is Cc1nc(S(=O)(=O)N2CCC(C(=O)N(CCC#N)CCC(C)C)CC2)cn1C. The molecule has 0 saturated carbocycles. The van der Waals surface area contributed by atoms with Crippen molar-refractivity contribution in [3.63, 3.8) is 0 Å². The minimum Gasteiger partial charge on any atom is -0.341 e. The number of aryl methyl sites for hydroxylation is 2. The van der Waals surface area contributed by atoms with Gasteiger partial charge in [0.05, 0.1) is 12.5 Å². The van der Waals surface area contributed by atoms with Gasteiger partial charge >= 0.3 is 0 Å². The fourth-order valence-corrected chi connectivity index (χ4v) is 4.81. The molecule has 0 spiro atoms. The van der Waals surface area contributed by atoms with Gasteiger partial charge in [0, 0.05) is 45.3 Å². The molecule has 0 aromatic carbocycles. The second kappa shape index (κ2) is 9.52. The van der Waals surface area contributed by atoms with Crippen LogP contribution >= 0.6 is 0 Å². The highest BCUT2D eigenvalue weighted by atomic mass is 32.2. The van der Waals surface area contributed by atoms with Gasteiger partial charge in [-0.3, -0.25) is 4.79 Å². The van der Waals surface area contributed by atoms with Gasteiger partial charge in [-0.25, -0.2) is 13.4 Å². The number of nitriles is 1. The van der Waals surface area contributed by atoms with Crippen LogP contribution in [-0.2, 0) is 21.9 Å². The smallest absolute Gasteiger partial charge is 0.262 e. The molecule has 2 rings (SSSR count). The molecule has 9 heteroatoms. The summed E-state index contributed by atoms with van der Waals surface area (Å²) in [7, 11) is -1.87. The van der Waals surface area contributed by atoms with Crippen LogP contribution in [0.2, 0.25) is 0 Å². The number of hydrogen-bond acceptors (Lipinski definition) is 5. The van der Waals surface area contributed by atoms with Gasteiger partial charge in [0.2, 0.25) is 5.91 Å². The minimum atomic E-state index is -3.64. The zero-order chi connectivity index (χ0) is 20.9. The van der Waals surface area contributed by atoms with Crippen molar-refractivity contribution in [3.8, 4) is 6.07 Å². The Morgan fingerprint density at radius 2 is 2.00 bits per heavy atom. The quantitative estimate of drug-likeness (QED) is 0.653. The number of piperidine rings is 1. The van der Waals surface area contributed by atoms with Crippen molar-refractivity contribution in [2.75, 3.05) is 26.2 Å². The summed E-state index contributed by atoms with van der Waals surface area (Å²) in [4.78, 5) is 18.8. The van der Waals surface area contributed by atoms with Gasteiger partial charge in [0.15, 0.2) is 5.03 Å². The van der Waals surface area contributed by atoms with Crippen LogP contribution in [0.3, 0.4) is 0 Å². The molecule has 1 aromatic rings. The largest absolute Gasteiger partial charge is 0.341 e. The standard InChI is InChI=1S/C19H31N5O3S/c1-15(2)6-11-23(10-5-9-20)19(25)17-7-12-24(13-8-17)28(26,27)18-14-22(4)16(3)21-18/h14-15,17H,5-8,10-13H2,1-4H3. The average molecular weight is 410 g/mol. The number of hydrogen-bond donors (Lipinski definition) is 0. The van der Waals surface area contributed by atoms with Crippen LogP contribution in [0.1, 0.15) is 45.4 Å². The van der Waals surface area contributed by atoms with Gasteiger partial charge in [-0.1, -0.05) is 13.8 Å². The van der Waals surface area contributed by atoms with Gasteiger partial charge in [-0.05, 0) is 32.1 Å². The zero-order valence-electron chi connectivity index (χ0n) is 17.3. The highest BCUT2D eigenvalue weighted by Crippen LogP contribution is 2.25. The number of aromatic nitrogens is 2. The molecule has 0 aliphatic carbocycles. The number of carbonyl (C=O) groups excluding carboxylic acids is 1. The second-order valence-corrected chi connectivity index (χ2v) is 9.72. The van der Waals surface area contributed by atoms with E-state index < -0.39 is 10.0 Å². The first-order valence-electron chi connectivity index (χ1n) is 9.82. The summed E-state index contributed by atoms with van der Waals surface area (Å²) >= 11 is 0. The van der Waals surface area contributed by atoms with Gasteiger partial charge in [-0.15, -0.1) is 0 Å². The number of nitrogens with zero attached hydrogens (tertiary/aromatic N) is 5. The summed E-state index contributed by atoms with van der Waals surface area (Å²) < 4.78 is 28.7. The fourth-order valence-electron chi connectivity index (χ4n) is 3.32. The number of imidazole rings is 1. The van der Waals surface area contributed by atoms with Gasteiger partial charge in [0.1, 0.15) is 5.82 Å². The molecular formula is C19H31N5O3S. The van der Waals surface area contributed by atoms with Crippen LogP contribution in [0.15, 0.2) is 11.2 Å². The van der Waals surface area contributed by atoms with E-state index in [4.69, 9.17) is 5.26 Å². The third-order valence-corrected chi connectivity index (χ3v) is 7.05. The Kier molecular flexibility index (Phi) is 7.61. The summed E-state index contributed by atoms with van der Waals surface area (Å²) in [6.07, 6.45) is 3.72. The molecule has 1 aliphatic heterocycles. The lowest BCUT2D eigenvalue weighted by Gasteiger charge is -2.33. The average Bonchev–Trinajstić information content (AvgIpc) is 3.01. The maximum Gasteiger partial charge on any atom is 0.262 e. The first-order valence-corrected chi connectivity index (χ1v) is 11.3. The molecule has 0 unspecified atom stereocenters. The van der Waals surface area contributed by atoms with E-state index in [9.17, 15) is 13.2 Å². The fraction of sp³-hybridized carbons (Fsp3) is 0.737. The van der Waals surface area contributed by atoms with Crippen LogP contribution in [0.4, 0.5) is 0 Å². The molecule has 0 N–H and O–H groups in total. The van der Waals surface area contributed by atoms with E-state index in [0.29, 0.717) is 57.2 Å². The number of carbonyl (C=O) groups is 1. The first kappa shape index (κ1) is 22.4. The van der Waals surface area contributed by atoms with Crippen molar-refractivity contribution in [3.05, 3.63) is 12.0 Å². The normalized spacial score (nSPS) is 16.3. The van der Waals surface area contributed by atoms with E-state index in [1.807, 2.05) is 0 Å².